The zero-order valence-corrected chi connectivity index (χ0v) is 25.0. The van der Waals surface area contributed by atoms with Crippen LogP contribution >= 0.6 is 63.7 Å². The lowest BCUT2D eigenvalue weighted by molar-refractivity contribution is 1.14. The highest BCUT2D eigenvalue weighted by molar-refractivity contribution is 9.11. The maximum absolute atomic E-state index is 3.65. The molecule has 0 aliphatic rings. The van der Waals surface area contributed by atoms with Crippen molar-refractivity contribution in [3.63, 3.8) is 0 Å². The summed E-state index contributed by atoms with van der Waals surface area (Å²) in [5.74, 6) is 0. The van der Waals surface area contributed by atoms with E-state index in [1.807, 2.05) is 0 Å². The number of aromatic nitrogens is 2. The first kappa shape index (κ1) is 22.8. The first-order valence-electron chi connectivity index (χ1n) is 11.4. The Morgan fingerprint density at radius 2 is 0.583 bits per heavy atom. The summed E-state index contributed by atoms with van der Waals surface area (Å²) in [5, 5.41) is 4.90. The molecule has 0 spiro atoms. The molecule has 0 radical (unpaired) electrons. The fraction of sp³-hybridized carbons (Fsp3) is 0. The third kappa shape index (κ3) is 3.53. The van der Waals surface area contributed by atoms with Gasteiger partial charge < -0.3 is 9.13 Å². The highest BCUT2D eigenvalue weighted by Gasteiger charge is 2.15. The van der Waals surface area contributed by atoms with Crippen LogP contribution in [0.5, 0.6) is 0 Å². The molecule has 0 aliphatic carbocycles. The molecule has 0 atom stereocenters. The minimum atomic E-state index is 1.08. The van der Waals surface area contributed by atoms with Crippen LogP contribution in [0.2, 0.25) is 0 Å². The Bertz CT molecular complexity index is 1720. The molecule has 0 aliphatic heterocycles. The Labute approximate surface area is 241 Å². The second-order valence-electron chi connectivity index (χ2n) is 8.83. The van der Waals surface area contributed by atoms with Crippen LogP contribution in [0.1, 0.15) is 0 Å². The summed E-state index contributed by atoms with van der Waals surface area (Å²) in [6.45, 7) is 0. The molecule has 0 unspecified atom stereocenters. The molecular weight excluding hydrogens is 708 g/mol. The Morgan fingerprint density at radius 3 is 0.833 bits per heavy atom. The third-order valence-corrected chi connectivity index (χ3v) is 8.72. The molecule has 6 heteroatoms. The van der Waals surface area contributed by atoms with Crippen LogP contribution in [0.4, 0.5) is 0 Å². The van der Waals surface area contributed by atoms with E-state index in [0.717, 1.165) is 29.3 Å². The average Bonchev–Trinajstić information content (AvgIpc) is 3.35. The van der Waals surface area contributed by atoms with Crippen molar-refractivity contribution in [1.82, 2.24) is 9.13 Å². The molecule has 2 nitrogen and oxygen atoms in total. The van der Waals surface area contributed by atoms with Gasteiger partial charge >= 0.3 is 0 Å². The Morgan fingerprint density at radius 1 is 0.333 bits per heavy atom. The van der Waals surface area contributed by atoms with Crippen molar-refractivity contribution in [3.05, 3.63) is 115 Å². The number of rotatable bonds is 2. The molecule has 7 rings (SSSR count). The van der Waals surface area contributed by atoms with E-state index in [2.05, 4.69) is 170 Å². The first-order chi connectivity index (χ1) is 17.5. The molecule has 0 fully saturated rings. The summed E-state index contributed by atoms with van der Waals surface area (Å²) >= 11 is 14.6. The SMILES string of the molecule is Brc1ccc2c(c1)c1cc(Br)ccc1n2-c1ccc(-n2c3ccc(Br)cc3c3cc(Br)ccc32)cc1. The molecule has 36 heavy (non-hydrogen) atoms. The quantitative estimate of drug-likeness (QED) is 0.168. The lowest BCUT2D eigenvalue weighted by Gasteiger charge is -2.12. The monoisotopic (exact) mass is 720 g/mol. The fourth-order valence-electron chi connectivity index (χ4n) is 5.24. The summed E-state index contributed by atoms with van der Waals surface area (Å²) in [6.07, 6.45) is 0. The molecule has 0 saturated carbocycles. The van der Waals surface area contributed by atoms with Gasteiger partial charge in [0.15, 0.2) is 0 Å². The van der Waals surface area contributed by atoms with E-state index < -0.39 is 0 Å². The van der Waals surface area contributed by atoms with Crippen LogP contribution in [0.3, 0.4) is 0 Å². The van der Waals surface area contributed by atoms with Gasteiger partial charge in [-0.3, -0.25) is 0 Å². The molecule has 7 aromatic rings. The summed E-state index contributed by atoms with van der Waals surface area (Å²) < 4.78 is 8.99. The summed E-state index contributed by atoms with van der Waals surface area (Å²) in [5.41, 5.74) is 7.01. The number of hydrogen-bond acceptors (Lipinski definition) is 0. The summed E-state index contributed by atoms with van der Waals surface area (Å²) in [7, 11) is 0. The summed E-state index contributed by atoms with van der Waals surface area (Å²) in [4.78, 5) is 0. The van der Waals surface area contributed by atoms with Gasteiger partial charge in [0.25, 0.3) is 0 Å². The van der Waals surface area contributed by atoms with E-state index in [9.17, 15) is 0 Å². The molecule has 0 amide bonds. The van der Waals surface area contributed by atoms with Gasteiger partial charge in [-0.15, -0.1) is 0 Å². The van der Waals surface area contributed by atoms with E-state index in [1.165, 1.54) is 43.6 Å². The highest BCUT2D eigenvalue weighted by Crippen LogP contribution is 2.37. The Kier molecular flexibility index (Phi) is 5.44. The predicted octanol–water partition coefficient (Wildman–Crippen LogP) is 10.9. The topological polar surface area (TPSA) is 9.86 Å². The molecule has 0 bridgehead atoms. The number of hydrogen-bond donors (Lipinski definition) is 0. The van der Waals surface area contributed by atoms with Gasteiger partial charge in [0.05, 0.1) is 22.1 Å². The maximum Gasteiger partial charge on any atom is 0.0541 e. The Hall–Kier alpha value is -2.38. The fourth-order valence-corrected chi connectivity index (χ4v) is 6.69. The minimum Gasteiger partial charge on any atom is -0.309 e. The second kappa shape index (κ2) is 8.59. The zero-order chi connectivity index (χ0) is 24.6. The van der Waals surface area contributed by atoms with Gasteiger partial charge in [0.1, 0.15) is 0 Å². The molecular formula is C30H16Br4N2. The number of halogens is 4. The number of nitrogens with zero attached hydrogens (tertiary/aromatic N) is 2. The molecule has 0 N–H and O–H groups in total. The standard InChI is InChI=1S/C30H16Br4N2/c31-17-1-9-27-23(13-17)24-14-18(32)2-10-28(24)35(27)21-5-7-22(8-6-21)36-29-11-3-19(33)15-25(29)26-16-20(34)4-12-30(26)36/h1-16H. The predicted molar refractivity (Wildman–Crippen MR) is 166 cm³/mol. The van der Waals surface area contributed by atoms with Crippen LogP contribution in [-0.2, 0) is 0 Å². The molecule has 174 valence electrons. The van der Waals surface area contributed by atoms with Crippen LogP contribution in [-0.4, -0.2) is 9.13 Å². The van der Waals surface area contributed by atoms with Crippen LogP contribution < -0.4 is 0 Å². The van der Waals surface area contributed by atoms with Crippen LogP contribution in [0.15, 0.2) is 115 Å². The van der Waals surface area contributed by atoms with Crippen LogP contribution in [0.25, 0.3) is 55.0 Å². The van der Waals surface area contributed by atoms with Crippen molar-refractivity contribution in [2.45, 2.75) is 0 Å². The lowest BCUT2D eigenvalue weighted by Crippen LogP contribution is -1.97. The maximum atomic E-state index is 3.65. The van der Waals surface area contributed by atoms with Crippen molar-refractivity contribution < 1.29 is 0 Å². The molecule has 0 saturated heterocycles. The van der Waals surface area contributed by atoms with E-state index >= 15 is 0 Å². The molecule has 2 aromatic heterocycles. The lowest BCUT2D eigenvalue weighted by atomic mass is 10.2. The first-order valence-corrected chi connectivity index (χ1v) is 14.5. The van der Waals surface area contributed by atoms with Crippen molar-refractivity contribution in [1.29, 1.82) is 0 Å². The summed E-state index contributed by atoms with van der Waals surface area (Å²) in [6, 6.07) is 34.8. The number of fused-ring (bicyclic) bond motifs is 6. The minimum absolute atomic E-state index is 1.08. The average molecular weight is 724 g/mol. The van der Waals surface area contributed by atoms with Gasteiger partial charge in [-0.2, -0.15) is 0 Å². The van der Waals surface area contributed by atoms with E-state index in [0.29, 0.717) is 0 Å². The zero-order valence-electron chi connectivity index (χ0n) is 18.6. The highest BCUT2D eigenvalue weighted by atomic mass is 79.9. The van der Waals surface area contributed by atoms with E-state index in [1.54, 1.807) is 0 Å². The van der Waals surface area contributed by atoms with Crippen molar-refractivity contribution in [2.24, 2.45) is 0 Å². The smallest absolute Gasteiger partial charge is 0.0541 e. The molecule has 5 aromatic carbocycles. The Balaban J connectivity index is 1.46. The normalized spacial score (nSPS) is 11.9. The van der Waals surface area contributed by atoms with Crippen LogP contribution in [0, 0.1) is 0 Å². The molecule has 2 heterocycles. The van der Waals surface area contributed by atoms with Crippen molar-refractivity contribution in [2.75, 3.05) is 0 Å². The second-order valence-corrected chi connectivity index (χ2v) is 12.5. The van der Waals surface area contributed by atoms with E-state index in [-0.39, 0.29) is 0 Å². The van der Waals surface area contributed by atoms with Crippen molar-refractivity contribution in [3.8, 4) is 11.4 Å². The number of benzene rings is 5. The van der Waals surface area contributed by atoms with Gasteiger partial charge in [0.2, 0.25) is 0 Å². The third-order valence-electron chi connectivity index (χ3n) is 6.74. The van der Waals surface area contributed by atoms with Gasteiger partial charge in [-0.25, -0.2) is 0 Å². The van der Waals surface area contributed by atoms with Gasteiger partial charge in [0, 0.05) is 50.8 Å². The van der Waals surface area contributed by atoms with E-state index in [4.69, 9.17) is 0 Å². The van der Waals surface area contributed by atoms with Gasteiger partial charge in [-0.05, 0) is 97.1 Å². The van der Waals surface area contributed by atoms with Crippen molar-refractivity contribution >= 4 is 107 Å². The largest absolute Gasteiger partial charge is 0.309 e. The van der Waals surface area contributed by atoms with Gasteiger partial charge in [-0.1, -0.05) is 63.7 Å².